The number of hydrogen-bond acceptors (Lipinski definition) is 5. The molecule has 2 aromatic rings. The van der Waals surface area contributed by atoms with E-state index in [1.165, 1.54) is 0 Å². The highest BCUT2D eigenvalue weighted by Gasteiger charge is 2.24. The van der Waals surface area contributed by atoms with E-state index in [1.807, 2.05) is 42.5 Å². The minimum absolute atomic E-state index is 0.0284. The summed E-state index contributed by atoms with van der Waals surface area (Å²) in [5.41, 5.74) is 1.53. The van der Waals surface area contributed by atoms with Gasteiger partial charge in [-0.05, 0) is 24.3 Å². The van der Waals surface area contributed by atoms with Crippen LogP contribution >= 0.6 is 0 Å². The molecule has 0 saturated heterocycles. The van der Waals surface area contributed by atoms with Crippen LogP contribution < -0.4 is 10.1 Å². The highest BCUT2D eigenvalue weighted by Crippen LogP contribution is 2.19. The second-order valence-corrected chi connectivity index (χ2v) is 5.31. The fraction of sp³-hybridized carbons (Fsp3) is 0.316. The smallest absolute Gasteiger partial charge is 0.177 e. The molecule has 0 radical (unpaired) electrons. The van der Waals surface area contributed by atoms with Gasteiger partial charge in [-0.25, -0.2) is 0 Å². The van der Waals surface area contributed by atoms with Crippen molar-refractivity contribution in [1.29, 1.82) is 0 Å². The molecule has 5 heteroatoms. The number of carbonyl (C=O) groups is 1. The van der Waals surface area contributed by atoms with Crippen molar-refractivity contribution in [2.24, 2.45) is 0 Å². The Morgan fingerprint density at radius 2 is 1.58 bits per heavy atom. The standard InChI is InChI=1S/C19H23NO4/c1-22-16-11-9-15(10-12-16)20-17(19(23-2)24-3)13-18(21)14-7-5-4-6-8-14/h4-12,17,19-20H,13H2,1-3H3. The van der Waals surface area contributed by atoms with E-state index in [1.54, 1.807) is 33.5 Å². The quantitative estimate of drug-likeness (QED) is 0.565. The molecule has 24 heavy (non-hydrogen) atoms. The molecule has 0 spiro atoms. The van der Waals surface area contributed by atoms with E-state index in [0.29, 0.717) is 5.56 Å². The first-order valence-electron chi connectivity index (χ1n) is 7.72. The van der Waals surface area contributed by atoms with Gasteiger partial charge in [0.05, 0.1) is 13.2 Å². The van der Waals surface area contributed by atoms with Crippen molar-refractivity contribution in [2.45, 2.75) is 18.8 Å². The third-order valence-corrected chi connectivity index (χ3v) is 3.74. The average molecular weight is 329 g/mol. The van der Waals surface area contributed by atoms with E-state index in [9.17, 15) is 4.79 Å². The number of carbonyl (C=O) groups excluding carboxylic acids is 1. The van der Waals surface area contributed by atoms with Gasteiger partial charge in [-0.15, -0.1) is 0 Å². The number of methoxy groups -OCH3 is 3. The summed E-state index contributed by atoms with van der Waals surface area (Å²) in [4.78, 5) is 12.5. The molecule has 0 saturated carbocycles. The van der Waals surface area contributed by atoms with Crippen molar-refractivity contribution in [3.8, 4) is 5.75 Å². The predicted octanol–water partition coefficient (Wildman–Crippen LogP) is 3.37. The summed E-state index contributed by atoms with van der Waals surface area (Å²) in [6.07, 6.45) is -0.290. The van der Waals surface area contributed by atoms with Crippen molar-refractivity contribution >= 4 is 11.5 Å². The summed E-state index contributed by atoms with van der Waals surface area (Å²) in [7, 11) is 4.74. The first kappa shape index (κ1) is 18.0. The van der Waals surface area contributed by atoms with Crippen LogP contribution in [0.3, 0.4) is 0 Å². The second-order valence-electron chi connectivity index (χ2n) is 5.31. The Morgan fingerprint density at radius 3 is 2.12 bits per heavy atom. The summed E-state index contributed by atoms with van der Waals surface area (Å²) in [6.45, 7) is 0. The number of ether oxygens (including phenoxy) is 3. The molecule has 1 N–H and O–H groups in total. The number of Topliss-reactive ketones (excluding diaryl/α,β-unsaturated/α-hetero) is 1. The largest absolute Gasteiger partial charge is 0.497 e. The second kappa shape index (κ2) is 9.05. The summed E-state index contributed by atoms with van der Waals surface area (Å²) in [5, 5.41) is 3.31. The molecule has 2 rings (SSSR count). The summed E-state index contributed by atoms with van der Waals surface area (Å²) in [6, 6.07) is 16.4. The minimum Gasteiger partial charge on any atom is -0.497 e. The molecule has 1 atom stereocenters. The molecule has 0 fully saturated rings. The SMILES string of the molecule is COc1ccc(NC(CC(=O)c2ccccc2)C(OC)OC)cc1. The zero-order valence-corrected chi connectivity index (χ0v) is 14.2. The van der Waals surface area contributed by atoms with Gasteiger partial charge in [0.15, 0.2) is 12.1 Å². The van der Waals surface area contributed by atoms with E-state index in [4.69, 9.17) is 14.2 Å². The van der Waals surface area contributed by atoms with Crippen LogP contribution in [0.15, 0.2) is 54.6 Å². The zero-order valence-electron chi connectivity index (χ0n) is 14.2. The lowest BCUT2D eigenvalue weighted by Crippen LogP contribution is -2.38. The summed E-state index contributed by atoms with van der Waals surface area (Å²) in [5.74, 6) is 0.799. The number of hydrogen-bond donors (Lipinski definition) is 1. The number of ketones is 1. The average Bonchev–Trinajstić information content (AvgIpc) is 2.64. The van der Waals surface area contributed by atoms with Gasteiger partial charge in [0.25, 0.3) is 0 Å². The van der Waals surface area contributed by atoms with Crippen LogP contribution in [0.1, 0.15) is 16.8 Å². The van der Waals surface area contributed by atoms with Crippen molar-refractivity contribution in [3.05, 3.63) is 60.2 Å². The first-order chi connectivity index (χ1) is 11.7. The normalized spacial score (nSPS) is 12.0. The first-order valence-corrected chi connectivity index (χ1v) is 7.72. The molecule has 2 aromatic carbocycles. The van der Waals surface area contributed by atoms with E-state index in [0.717, 1.165) is 11.4 Å². The fourth-order valence-corrected chi connectivity index (χ4v) is 2.48. The maximum absolute atomic E-state index is 12.5. The maximum atomic E-state index is 12.5. The van der Waals surface area contributed by atoms with Gasteiger partial charge in [0.2, 0.25) is 0 Å². The summed E-state index contributed by atoms with van der Waals surface area (Å²) < 4.78 is 15.9. The van der Waals surface area contributed by atoms with Crippen LogP contribution in [-0.2, 0) is 9.47 Å². The lowest BCUT2D eigenvalue weighted by atomic mass is 10.0. The van der Waals surface area contributed by atoms with Crippen LogP contribution in [0.25, 0.3) is 0 Å². The van der Waals surface area contributed by atoms with Crippen molar-refractivity contribution < 1.29 is 19.0 Å². The van der Waals surface area contributed by atoms with Gasteiger partial charge in [0.1, 0.15) is 5.75 Å². The van der Waals surface area contributed by atoms with Crippen LogP contribution in [-0.4, -0.2) is 39.4 Å². The Morgan fingerprint density at radius 1 is 0.958 bits per heavy atom. The minimum atomic E-state index is -0.542. The monoisotopic (exact) mass is 329 g/mol. The van der Waals surface area contributed by atoms with Crippen molar-refractivity contribution in [3.63, 3.8) is 0 Å². The van der Waals surface area contributed by atoms with E-state index < -0.39 is 6.29 Å². The Bertz CT molecular complexity index is 624. The van der Waals surface area contributed by atoms with Crippen LogP contribution in [0.5, 0.6) is 5.75 Å². The van der Waals surface area contributed by atoms with Crippen molar-refractivity contribution in [1.82, 2.24) is 0 Å². The number of anilines is 1. The van der Waals surface area contributed by atoms with Gasteiger partial charge < -0.3 is 19.5 Å². The van der Waals surface area contributed by atoms with Gasteiger partial charge in [-0.1, -0.05) is 30.3 Å². The Labute approximate surface area is 142 Å². The highest BCUT2D eigenvalue weighted by molar-refractivity contribution is 5.96. The third kappa shape index (κ3) is 4.81. The predicted molar refractivity (Wildman–Crippen MR) is 93.6 cm³/mol. The van der Waals surface area contributed by atoms with Crippen LogP contribution in [0, 0.1) is 0 Å². The Hall–Kier alpha value is -2.37. The number of benzene rings is 2. The van der Waals surface area contributed by atoms with Gasteiger partial charge >= 0.3 is 0 Å². The topological polar surface area (TPSA) is 56.8 Å². The zero-order chi connectivity index (χ0) is 17.4. The van der Waals surface area contributed by atoms with Gasteiger partial charge in [0, 0.05) is 31.9 Å². The molecular formula is C19H23NO4. The molecule has 5 nitrogen and oxygen atoms in total. The molecule has 0 aromatic heterocycles. The Kier molecular flexibility index (Phi) is 6.78. The van der Waals surface area contributed by atoms with E-state index in [2.05, 4.69) is 5.32 Å². The molecule has 128 valence electrons. The van der Waals surface area contributed by atoms with Gasteiger partial charge in [-0.3, -0.25) is 4.79 Å². The molecular weight excluding hydrogens is 306 g/mol. The summed E-state index contributed by atoms with van der Waals surface area (Å²) >= 11 is 0. The molecule has 0 bridgehead atoms. The Balaban J connectivity index is 2.13. The van der Waals surface area contributed by atoms with Crippen LogP contribution in [0.4, 0.5) is 5.69 Å². The van der Waals surface area contributed by atoms with E-state index >= 15 is 0 Å². The van der Waals surface area contributed by atoms with Crippen molar-refractivity contribution in [2.75, 3.05) is 26.6 Å². The molecule has 0 heterocycles. The van der Waals surface area contributed by atoms with Crippen LogP contribution in [0.2, 0.25) is 0 Å². The molecule has 1 unspecified atom stereocenters. The number of rotatable bonds is 9. The van der Waals surface area contributed by atoms with Gasteiger partial charge in [-0.2, -0.15) is 0 Å². The van der Waals surface area contributed by atoms with E-state index in [-0.39, 0.29) is 18.2 Å². The fourth-order valence-electron chi connectivity index (χ4n) is 2.48. The number of nitrogens with one attached hydrogen (secondary N) is 1. The molecule has 0 aliphatic rings. The lowest BCUT2D eigenvalue weighted by Gasteiger charge is -2.26. The third-order valence-electron chi connectivity index (χ3n) is 3.74. The lowest BCUT2D eigenvalue weighted by molar-refractivity contribution is -0.111. The molecule has 0 aliphatic carbocycles. The maximum Gasteiger partial charge on any atom is 0.177 e. The molecule has 0 amide bonds. The highest BCUT2D eigenvalue weighted by atomic mass is 16.7. The molecule has 0 aliphatic heterocycles.